The van der Waals surface area contributed by atoms with Crippen LogP contribution in [0.2, 0.25) is 0 Å². The van der Waals surface area contributed by atoms with Gasteiger partial charge in [-0.2, -0.15) is 0 Å². The standard InChI is InChI=1S/C13H14FNO3/c1-8(16)18-12(13(17)15-11-6-7-11)9-2-4-10(14)5-3-9/h2-5,11-12H,6-7H2,1H3,(H,15,17). The van der Waals surface area contributed by atoms with E-state index in [0.29, 0.717) is 5.56 Å². The van der Waals surface area contributed by atoms with Gasteiger partial charge in [0.05, 0.1) is 0 Å². The number of ether oxygens (including phenoxy) is 1. The van der Waals surface area contributed by atoms with Crippen molar-refractivity contribution in [1.29, 1.82) is 0 Å². The van der Waals surface area contributed by atoms with Gasteiger partial charge < -0.3 is 10.1 Å². The lowest BCUT2D eigenvalue weighted by atomic mass is 10.1. The highest BCUT2D eigenvalue weighted by Gasteiger charge is 2.30. The van der Waals surface area contributed by atoms with Gasteiger partial charge in [0.15, 0.2) is 0 Å². The highest BCUT2D eigenvalue weighted by atomic mass is 19.1. The largest absolute Gasteiger partial charge is 0.447 e. The van der Waals surface area contributed by atoms with Crippen LogP contribution in [0.3, 0.4) is 0 Å². The van der Waals surface area contributed by atoms with Crippen LogP contribution in [0.1, 0.15) is 31.4 Å². The van der Waals surface area contributed by atoms with Crippen LogP contribution in [0.25, 0.3) is 0 Å². The van der Waals surface area contributed by atoms with E-state index < -0.39 is 17.9 Å². The number of esters is 1. The van der Waals surface area contributed by atoms with Crippen LogP contribution in [0, 0.1) is 5.82 Å². The summed E-state index contributed by atoms with van der Waals surface area (Å²) in [6, 6.07) is 5.52. The zero-order valence-electron chi connectivity index (χ0n) is 9.98. The van der Waals surface area contributed by atoms with Crippen molar-refractivity contribution in [3.63, 3.8) is 0 Å². The van der Waals surface area contributed by atoms with Gasteiger partial charge in [0.1, 0.15) is 5.82 Å². The van der Waals surface area contributed by atoms with Crippen LogP contribution in [0.5, 0.6) is 0 Å². The predicted molar refractivity (Wildman–Crippen MR) is 62.1 cm³/mol. The quantitative estimate of drug-likeness (QED) is 0.829. The summed E-state index contributed by atoms with van der Waals surface area (Å²) in [6.45, 7) is 1.24. The molecule has 0 radical (unpaired) electrons. The maximum absolute atomic E-state index is 12.8. The molecule has 1 aliphatic carbocycles. The molecule has 1 amide bonds. The molecule has 1 aromatic rings. The predicted octanol–water partition coefficient (Wildman–Crippen LogP) is 1.71. The van der Waals surface area contributed by atoms with E-state index >= 15 is 0 Å². The van der Waals surface area contributed by atoms with E-state index in [1.54, 1.807) is 0 Å². The zero-order valence-corrected chi connectivity index (χ0v) is 9.98. The molecule has 0 aromatic heterocycles. The Kier molecular flexibility index (Phi) is 3.60. The van der Waals surface area contributed by atoms with Crippen molar-refractivity contribution in [2.24, 2.45) is 0 Å². The Labute approximate surface area is 104 Å². The molecule has 1 aliphatic rings. The van der Waals surface area contributed by atoms with Crippen molar-refractivity contribution >= 4 is 11.9 Å². The Morgan fingerprint density at radius 1 is 1.33 bits per heavy atom. The van der Waals surface area contributed by atoms with Gasteiger partial charge in [0.2, 0.25) is 6.10 Å². The third-order valence-corrected chi connectivity index (χ3v) is 2.62. The Morgan fingerprint density at radius 3 is 2.44 bits per heavy atom. The summed E-state index contributed by atoms with van der Waals surface area (Å²) in [5.74, 6) is -1.31. The van der Waals surface area contributed by atoms with Crippen molar-refractivity contribution in [3.05, 3.63) is 35.6 Å². The molecule has 0 aliphatic heterocycles. The highest BCUT2D eigenvalue weighted by Crippen LogP contribution is 2.23. The first-order valence-corrected chi connectivity index (χ1v) is 5.79. The van der Waals surface area contributed by atoms with Crippen molar-refractivity contribution in [2.75, 3.05) is 0 Å². The minimum Gasteiger partial charge on any atom is -0.447 e. The molecule has 5 heteroatoms. The highest BCUT2D eigenvalue weighted by molar-refractivity contribution is 5.85. The molecule has 18 heavy (non-hydrogen) atoms. The van der Waals surface area contributed by atoms with E-state index in [-0.39, 0.29) is 11.9 Å². The lowest BCUT2D eigenvalue weighted by molar-refractivity contribution is -0.154. The van der Waals surface area contributed by atoms with Crippen molar-refractivity contribution < 1.29 is 18.7 Å². The van der Waals surface area contributed by atoms with E-state index in [9.17, 15) is 14.0 Å². The fraction of sp³-hybridized carbons (Fsp3) is 0.385. The Hall–Kier alpha value is -1.91. The molecule has 4 nitrogen and oxygen atoms in total. The summed E-state index contributed by atoms with van der Waals surface area (Å²) >= 11 is 0. The third kappa shape index (κ3) is 3.29. The number of carbonyl (C=O) groups is 2. The molecule has 0 bridgehead atoms. The summed E-state index contributed by atoms with van der Waals surface area (Å²) < 4.78 is 17.8. The minimum absolute atomic E-state index is 0.177. The van der Waals surface area contributed by atoms with Crippen LogP contribution in [0.4, 0.5) is 4.39 Å². The summed E-state index contributed by atoms with van der Waals surface area (Å²) in [5, 5.41) is 2.76. The molecule has 0 heterocycles. The van der Waals surface area contributed by atoms with E-state index in [4.69, 9.17) is 4.74 Å². The van der Waals surface area contributed by atoms with Crippen LogP contribution in [0.15, 0.2) is 24.3 Å². The van der Waals surface area contributed by atoms with Gasteiger partial charge in [-0.05, 0) is 25.0 Å². The summed E-state index contributed by atoms with van der Waals surface area (Å²) in [7, 11) is 0. The molecule has 1 fully saturated rings. The molecular formula is C13H14FNO3. The number of benzene rings is 1. The average molecular weight is 251 g/mol. The minimum atomic E-state index is -1.01. The first kappa shape index (κ1) is 12.5. The fourth-order valence-electron chi connectivity index (χ4n) is 1.58. The second-order valence-corrected chi connectivity index (χ2v) is 4.32. The Bertz CT molecular complexity index is 454. The molecule has 2 rings (SSSR count). The van der Waals surface area contributed by atoms with Gasteiger partial charge in [0, 0.05) is 18.5 Å². The second kappa shape index (κ2) is 5.16. The maximum atomic E-state index is 12.8. The fourth-order valence-corrected chi connectivity index (χ4v) is 1.58. The van der Waals surface area contributed by atoms with Gasteiger partial charge in [-0.3, -0.25) is 9.59 Å². The Morgan fingerprint density at radius 2 is 1.94 bits per heavy atom. The van der Waals surface area contributed by atoms with Crippen LogP contribution in [-0.2, 0) is 14.3 Å². The van der Waals surface area contributed by atoms with Crippen molar-refractivity contribution in [3.8, 4) is 0 Å². The van der Waals surface area contributed by atoms with Crippen LogP contribution >= 0.6 is 0 Å². The Balaban J connectivity index is 2.14. The molecular weight excluding hydrogens is 237 g/mol. The topological polar surface area (TPSA) is 55.4 Å². The second-order valence-electron chi connectivity index (χ2n) is 4.32. The van der Waals surface area contributed by atoms with Gasteiger partial charge in [0.25, 0.3) is 5.91 Å². The molecule has 96 valence electrons. The van der Waals surface area contributed by atoms with E-state index in [0.717, 1.165) is 12.8 Å². The van der Waals surface area contributed by atoms with E-state index in [1.807, 2.05) is 0 Å². The number of rotatable bonds is 4. The number of amides is 1. The van der Waals surface area contributed by atoms with Gasteiger partial charge in [-0.1, -0.05) is 12.1 Å². The van der Waals surface area contributed by atoms with Crippen LogP contribution < -0.4 is 5.32 Å². The first-order chi connectivity index (χ1) is 8.56. The summed E-state index contributed by atoms with van der Waals surface area (Å²) in [4.78, 5) is 23.0. The third-order valence-electron chi connectivity index (χ3n) is 2.62. The molecule has 0 spiro atoms. The van der Waals surface area contributed by atoms with Gasteiger partial charge in [-0.25, -0.2) is 4.39 Å². The molecule has 1 atom stereocenters. The molecule has 1 N–H and O–H groups in total. The first-order valence-electron chi connectivity index (χ1n) is 5.79. The molecule has 1 aromatic carbocycles. The van der Waals surface area contributed by atoms with Crippen molar-refractivity contribution in [2.45, 2.75) is 31.9 Å². The number of nitrogens with one attached hydrogen (secondary N) is 1. The molecule has 1 unspecified atom stereocenters. The normalized spacial score (nSPS) is 15.9. The lowest BCUT2D eigenvalue weighted by Crippen LogP contribution is -2.33. The number of halogens is 1. The van der Waals surface area contributed by atoms with Gasteiger partial charge >= 0.3 is 5.97 Å². The lowest BCUT2D eigenvalue weighted by Gasteiger charge is -2.16. The zero-order chi connectivity index (χ0) is 13.1. The van der Waals surface area contributed by atoms with Crippen molar-refractivity contribution in [1.82, 2.24) is 5.32 Å². The average Bonchev–Trinajstić information content (AvgIpc) is 3.11. The summed E-state index contributed by atoms with van der Waals surface area (Å²) in [6.07, 6.45) is 0.882. The smallest absolute Gasteiger partial charge is 0.303 e. The number of hydrogen-bond donors (Lipinski definition) is 1. The molecule has 0 saturated heterocycles. The van der Waals surface area contributed by atoms with Crippen LogP contribution in [-0.4, -0.2) is 17.9 Å². The SMILES string of the molecule is CC(=O)OC(C(=O)NC1CC1)c1ccc(F)cc1. The van der Waals surface area contributed by atoms with E-state index in [1.165, 1.54) is 31.2 Å². The van der Waals surface area contributed by atoms with E-state index in [2.05, 4.69) is 5.32 Å². The number of hydrogen-bond acceptors (Lipinski definition) is 3. The van der Waals surface area contributed by atoms with Gasteiger partial charge in [-0.15, -0.1) is 0 Å². The summed E-state index contributed by atoms with van der Waals surface area (Å²) in [5.41, 5.74) is 0.463. The maximum Gasteiger partial charge on any atom is 0.303 e. The number of carbonyl (C=O) groups excluding carboxylic acids is 2. The monoisotopic (exact) mass is 251 g/mol. The molecule has 1 saturated carbocycles.